The summed E-state index contributed by atoms with van der Waals surface area (Å²) in [6.07, 6.45) is 0. The maximum Gasteiger partial charge on any atom is 0.323 e. The standard InChI is InChI=1S/C13H14N2O4S/c1-15-11(16)7-8(12(15)17)10(13(18)19-2)14-9(7)6-4-3-5-20-6/h3-5,7-10,14H,1-2H3/t7-,8+,9-,10-/m1/s1. The summed E-state index contributed by atoms with van der Waals surface area (Å²) in [7, 11) is 2.74. The number of rotatable bonds is 2. The molecule has 2 saturated heterocycles. The molecule has 6 nitrogen and oxygen atoms in total. The lowest BCUT2D eigenvalue weighted by Crippen LogP contribution is -2.42. The molecule has 0 bridgehead atoms. The second-order valence-electron chi connectivity index (χ2n) is 4.95. The molecule has 3 rings (SSSR count). The highest BCUT2D eigenvalue weighted by atomic mass is 32.1. The van der Waals surface area contributed by atoms with Gasteiger partial charge in [-0.1, -0.05) is 6.07 Å². The highest BCUT2D eigenvalue weighted by Crippen LogP contribution is 2.44. The normalized spacial score (nSPS) is 32.6. The van der Waals surface area contributed by atoms with Crippen LogP contribution in [0.1, 0.15) is 10.9 Å². The number of hydrogen-bond acceptors (Lipinski definition) is 6. The number of carbonyl (C=O) groups is 3. The fraction of sp³-hybridized carbons (Fsp3) is 0.462. The van der Waals surface area contributed by atoms with Crippen LogP contribution in [0, 0.1) is 11.8 Å². The summed E-state index contributed by atoms with van der Waals surface area (Å²) < 4.78 is 4.75. The smallest absolute Gasteiger partial charge is 0.323 e. The van der Waals surface area contributed by atoms with E-state index in [1.807, 2.05) is 17.5 Å². The topological polar surface area (TPSA) is 75.7 Å². The Bertz CT molecular complexity index is 571. The SMILES string of the molecule is COC(=O)[C@@H]1N[C@H](c2cccs2)[C@@H]2C(=O)N(C)C(=O)[C@@H]21. The van der Waals surface area contributed by atoms with Gasteiger partial charge in [0, 0.05) is 11.9 Å². The van der Waals surface area contributed by atoms with Crippen LogP contribution in [-0.4, -0.2) is 42.9 Å². The van der Waals surface area contributed by atoms with Gasteiger partial charge in [-0.3, -0.25) is 24.6 Å². The van der Waals surface area contributed by atoms with E-state index in [4.69, 9.17) is 4.74 Å². The second-order valence-corrected chi connectivity index (χ2v) is 5.93. The van der Waals surface area contributed by atoms with Crippen LogP contribution in [0.3, 0.4) is 0 Å². The number of imide groups is 1. The van der Waals surface area contributed by atoms with Gasteiger partial charge in [0.1, 0.15) is 6.04 Å². The van der Waals surface area contributed by atoms with Gasteiger partial charge in [0.2, 0.25) is 11.8 Å². The number of nitrogens with one attached hydrogen (secondary N) is 1. The van der Waals surface area contributed by atoms with Gasteiger partial charge >= 0.3 is 5.97 Å². The molecule has 2 fully saturated rings. The average molecular weight is 294 g/mol. The molecule has 2 aliphatic rings. The first-order chi connectivity index (χ1) is 9.56. The van der Waals surface area contributed by atoms with E-state index in [0.29, 0.717) is 0 Å². The number of hydrogen-bond donors (Lipinski definition) is 1. The minimum Gasteiger partial charge on any atom is -0.468 e. The molecule has 2 amide bonds. The molecular weight excluding hydrogens is 280 g/mol. The molecule has 2 aliphatic heterocycles. The molecule has 4 atom stereocenters. The predicted octanol–water partition coefficient (Wildman–Crippen LogP) is 0.165. The van der Waals surface area contributed by atoms with Crippen LogP contribution >= 0.6 is 11.3 Å². The van der Waals surface area contributed by atoms with Gasteiger partial charge < -0.3 is 4.74 Å². The Balaban J connectivity index is 2.02. The van der Waals surface area contributed by atoms with Crippen molar-refractivity contribution in [1.29, 1.82) is 0 Å². The van der Waals surface area contributed by atoms with E-state index in [0.717, 1.165) is 9.78 Å². The molecule has 0 aromatic carbocycles. The van der Waals surface area contributed by atoms with E-state index in [2.05, 4.69) is 5.32 Å². The summed E-state index contributed by atoms with van der Waals surface area (Å²) >= 11 is 1.50. The lowest BCUT2D eigenvalue weighted by atomic mass is 9.89. The molecule has 0 unspecified atom stereocenters. The summed E-state index contributed by atoms with van der Waals surface area (Å²) in [6.45, 7) is 0. The maximum absolute atomic E-state index is 12.3. The molecule has 1 aromatic rings. The van der Waals surface area contributed by atoms with Crippen molar-refractivity contribution in [2.24, 2.45) is 11.8 Å². The minimum atomic E-state index is -0.765. The number of methoxy groups -OCH3 is 1. The molecule has 0 spiro atoms. The molecule has 1 aromatic heterocycles. The summed E-state index contributed by atoms with van der Waals surface area (Å²) in [6, 6.07) is 2.70. The second kappa shape index (κ2) is 4.68. The van der Waals surface area contributed by atoms with E-state index < -0.39 is 23.8 Å². The van der Waals surface area contributed by atoms with Gasteiger partial charge in [0.05, 0.1) is 25.0 Å². The van der Waals surface area contributed by atoms with Crippen molar-refractivity contribution in [3.63, 3.8) is 0 Å². The third kappa shape index (κ3) is 1.70. The molecule has 1 N–H and O–H groups in total. The molecule has 0 aliphatic carbocycles. The number of carbonyl (C=O) groups excluding carboxylic acids is 3. The van der Waals surface area contributed by atoms with Crippen molar-refractivity contribution < 1.29 is 19.1 Å². The van der Waals surface area contributed by atoms with Crippen molar-refractivity contribution in [3.8, 4) is 0 Å². The zero-order valence-electron chi connectivity index (χ0n) is 11.0. The quantitative estimate of drug-likeness (QED) is 0.621. The number of thiophene rings is 1. The lowest BCUT2D eigenvalue weighted by molar-refractivity contribution is -0.147. The van der Waals surface area contributed by atoms with Crippen molar-refractivity contribution in [3.05, 3.63) is 22.4 Å². The zero-order chi connectivity index (χ0) is 14.4. The number of amides is 2. The zero-order valence-corrected chi connectivity index (χ0v) is 11.8. The van der Waals surface area contributed by atoms with Gasteiger partial charge in [0.25, 0.3) is 0 Å². The fourth-order valence-corrected chi connectivity index (χ4v) is 3.87. The van der Waals surface area contributed by atoms with Crippen molar-refractivity contribution in [1.82, 2.24) is 10.2 Å². The third-order valence-corrected chi connectivity index (χ3v) is 4.96. The average Bonchev–Trinajstić information content (AvgIpc) is 3.13. The molecule has 3 heterocycles. The highest BCUT2D eigenvalue weighted by Gasteiger charge is 2.60. The first-order valence-electron chi connectivity index (χ1n) is 6.25. The number of likely N-dealkylation sites (tertiary alicyclic amines) is 1. The highest BCUT2D eigenvalue weighted by molar-refractivity contribution is 7.10. The van der Waals surface area contributed by atoms with Crippen LogP contribution < -0.4 is 5.32 Å². The molecule has 0 saturated carbocycles. The summed E-state index contributed by atoms with van der Waals surface area (Å²) in [5.41, 5.74) is 0. The van der Waals surface area contributed by atoms with Crippen LogP contribution in [0.5, 0.6) is 0 Å². The Morgan fingerprint density at radius 1 is 1.35 bits per heavy atom. The van der Waals surface area contributed by atoms with Crippen molar-refractivity contribution in [2.75, 3.05) is 14.2 Å². The summed E-state index contributed by atoms with van der Waals surface area (Å²) in [5.74, 6) is -2.27. The van der Waals surface area contributed by atoms with Crippen LogP contribution in [-0.2, 0) is 19.1 Å². The molecule has 20 heavy (non-hydrogen) atoms. The summed E-state index contributed by atoms with van der Waals surface area (Å²) in [4.78, 5) is 38.4. The molecule has 0 radical (unpaired) electrons. The number of ether oxygens (including phenoxy) is 1. The molecule has 7 heteroatoms. The Morgan fingerprint density at radius 3 is 2.65 bits per heavy atom. The number of nitrogens with zero attached hydrogens (tertiary/aromatic N) is 1. The third-order valence-electron chi connectivity index (χ3n) is 4.00. The summed E-state index contributed by atoms with van der Waals surface area (Å²) in [5, 5.41) is 5.00. The Kier molecular flexibility index (Phi) is 3.10. The molecule has 106 valence electrons. The maximum atomic E-state index is 12.3. The first kappa shape index (κ1) is 13.3. The van der Waals surface area contributed by atoms with Crippen LogP contribution in [0.15, 0.2) is 17.5 Å². The van der Waals surface area contributed by atoms with Gasteiger partial charge in [0.15, 0.2) is 0 Å². The predicted molar refractivity (Wildman–Crippen MR) is 70.8 cm³/mol. The Labute approximate surface area is 119 Å². The van der Waals surface area contributed by atoms with E-state index in [9.17, 15) is 14.4 Å². The Hall–Kier alpha value is -1.73. The first-order valence-corrected chi connectivity index (χ1v) is 7.13. The fourth-order valence-electron chi connectivity index (χ4n) is 3.03. The number of esters is 1. The van der Waals surface area contributed by atoms with Crippen LogP contribution in [0.2, 0.25) is 0 Å². The van der Waals surface area contributed by atoms with Gasteiger partial charge in [-0.05, 0) is 11.4 Å². The van der Waals surface area contributed by atoms with E-state index in [-0.39, 0.29) is 17.9 Å². The monoisotopic (exact) mass is 294 g/mol. The minimum absolute atomic E-state index is 0.239. The van der Waals surface area contributed by atoms with Crippen molar-refractivity contribution >= 4 is 29.1 Å². The molecular formula is C13H14N2O4S. The number of fused-ring (bicyclic) bond motifs is 1. The van der Waals surface area contributed by atoms with E-state index in [1.165, 1.54) is 25.5 Å². The van der Waals surface area contributed by atoms with Gasteiger partial charge in [-0.25, -0.2) is 0 Å². The van der Waals surface area contributed by atoms with Crippen LogP contribution in [0.25, 0.3) is 0 Å². The van der Waals surface area contributed by atoms with Crippen LogP contribution in [0.4, 0.5) is 0 Å². The Morgan fingerprint density at radius 2 is 2.05 bits per heavy atom. The largest absolute Gasteiger partial charge is 0.468 e. The van der Waals surface area contributed by atoms with Gasteiger partial charge in [-0.2, -0.15) is 0 Å². The lowest BCUT2D eigenvalue weighted by Gasteiger charge is -2.18. The van der Waals surface area contributed by atoms with Gasteiger partial charge in [-0.15, -0.1) is 11.3 Å². The van der Waals surface area contributed by atoms with Crippen molar-refractivity contribution in [2.45, 2.75) is 12.1 Å². The van der Waals surface area contributed by atoms with E-state index >= 15 is 0 Å². The van der Waals surface area contributed by atoms with E-state index in [1.54, 1.807) is 0 Å².